The smallest absolute Gasteiger partial charge is 0.0452 e. The third-order valence-electron chi connectivity index (χ3n) is 2.71. The lowest BCUT2D eigenvalue weighted by molar-refractivity contribution is 0.327. The van der Waals surface area contributed by atoms with E-state index in [0.717, 1.165) is 41.7 Å². The van der Waals surface area contributed by atoms with Gasteiger partial charge in [0.1, 0.15) is 0 Å². The van der Waals surface area contributed by atoms with Crippen molar-refractivity contribution in [2.75, 3.05) is 13.1 Å². The average molecular weight is 245 g/mol. The van der Waals surface area contributed by atoms with Gasteiger partial charge in [0.05, 0.1) is 0 Å². The van der Waals surface area contributed by atoms with Crippen LogP contribution in [0.15, 0.2) is 18.2 Å². The first kappa shape index (κ1) is 11.2. The van der Waals surface area contributed by atoms with E-state index in [1.807, 2.05) is 18.2 Å². The molecule has 2 rings (SSSR count). The summed E-state index contributed by atoms with van der Waals surface area (Å²) in [4.78, 5) is 2.31. The summed E-state index contributed by atoms with van der Waals surface area (Å²) < 4.78 is 0. The average Bonchev–Trinajstić information content (AvgIpc) is 2.58. The van der Waals surface area contributed by atoms with Crippen LogP contribution in [-0.4, -0.2) is 24.0 Å². The predicted molar refractivity (Wildman–Crippen MR) is 64.3 cm³/mol. The van der Waals surface area contributed by atoms with Crippen LogP contribution < -0.4 is 5.73 Å². The van der Waals surface area contributed by atoms with Crippen LogP contribution in [0.5, 0.6) is 0 Å². The van der Waals surface area contributed by atoms with Crippen molar-refractivity contribution in [2.45, 2.75) is 19.0 Å². The molecule has 0 radical (unpaired) electrons. The topological polar surface area (TPSA) is 29.3 Å². The number of hydrogen-bond acceptors (Lipinski definition) is 2. The highest BCUT2D eigenvalue weighted by Gasteiger charge is 2.19. The number of halogens is 2. The van der Waals surface area contributed by atoms with Crippen LogP contribution in [-0.2, 0) is 6.54 Å². The molecule has 1 saturated heterocycles. The molecule has 1 aliphatic rings. The van der Waals surface area contributed by atoms with E-state index in [9.17, 15) is 0 Å². The maximum atomic E-state index is 6.09. The largest absolute Gasteiger partial charge is 0.326 e. The second-order valence-corrected chi connectivity index (χ2v) is 4.86. The molecule has 1 aromatic carbocycles. The van der Waals surface area contributed by atoms with Crippen LogP contribution in [0.3, 0.4) is 0 Å². The Kier molecular flexibility index (Phi) is 3.52. The van der Waals surface area contributed by atoms with Gasteiger partial charge < -0.3 is 5.73 Å². The van der Waals surface area contributed by atoms with Crippen molar-refractivity contribution >= 4 is 23.2 Å². The van der Waals surface area contributed by atoms with E-state index in [-0.39, 0.29) is 0 Å². The molecule has 1 fully saturated rings. The van der Waals surface area contributed by atoms with E-state index in [0.29, 0.717) is 6.04 Å². The van der Waals surface area contributed by atoms with Gasteiger partial charge in [-0.1, -0.05) is 23.2 Å². The first-order valence-corrected chi connectivity index (χ1v) is 5.82. The number of nitrogens with two attached hydrogens (primary N) is 1. The van der Waals surface area contributed by atoms with E-state index in [4.69, 9.17) is 28.9 Å². The van der Waals surface area contributed by atoms with Crippen LogP contribution in [0, 0.1) is 0 Å². The van der Waals surface area contributed by atoms with Gasteiger partial charge in [0.15, 0.2) is 0 Å². The predicted octanol–water partition coefficient (Wildman–Crippen LogP) is 2.53. The van der Waals surface area contributed by atoms with Crippen molar-refractivity contribution in [2.24, 2.45) is 5.73 Å². The molecule has 0 aromatic heterocycles. The maximum Gasteiger partial charge on any atom is 0.0452 e. The first-order chi connectivity index (χ1) is 7.15. The lowest BCUT2D eigenvalue weighted by atomic mass is 10.2. The lowest BCUT2D eigenvalue weighted by Crippen LogP contribution is -2.26. The third-order valence-corrected chi connectivity index (χ3v) is 3.31. The Morgan fingerprint density at radius 2 is 2.20 bits per heavy atom. The van der Waals surface area contributed by atoms with Crippen molar-refractivity contribution in [3.05, 3.63) is 33.8 Å². The summed E-state index contributed by atoms with van der Waals surface area (Å²) in [6.07, 6.45) is 1.07. The number of hydrogen-bond donors (Lipinski definition) is 1. The van der Waals surface area contributed by atoms with Crippen molar-refractivity contribution in [1.82, 2.24) is 4.90 Å². The van der Waals surface area contributed by atoms with Gasteiger partial charge in [-0.2, -0.15) is 0 Å². The zero-order valence-electron chi connectivity index (χ0n) is 8.42. The molecule has 0 amide bonds. The van der Waals surface area contributed by atoms with Gasteiger partial charge in [-0.15, -0.1) is 0 Å². The first-order valence-electron chi connectivity index (χ1n) is 5.07. The molecule has 2 nitrogen and oxygen atoms in total. The van der Waals surface area contributed by atoms with Gasteiger partial charge in [-0.25, -0.2) is 0 Å². The molecule has 0 bridgehead atoms. The molecule has 15 heavy (non-hydrogen) atoms. The molecule has 82 valence electrons. The standard InChI is InChI=1S/C11H14Cl2N2/c12-9-1-2-11(13)8(5-9)6-15-4-3-10(14)7-15/h1-2,5,10H,3-4,6-7,14H2. The molecule has 1 unspecified atom stereocenters. The van der Waals surface area contributed by atoms with Gasteiger partial charge in [0.2, 0.25) is 0 Å². The summed E-state index contributed by atoms with van der Waals surface area (Å²) >= 11 is 12.0. The van der Waals surface area contributed by atoms with Crippen LogP contribution >= 0.6 is 23.2 Å². The highest BCUT2D eigenvalue weighted by Crippen LogP contribution is 2.23. The summed E-state index contributed by atoms with van der Waals surface area (Å²) in [7, 11) is 0. The SMILES string of the molecule is NC1CCN(Cc2cc(Cl)ccc2Cl)C1. The molecule has 0 saturated carbocycles. The van der Waals surface area contributed by atoms with Gasteiger partial charge in [0, 0.05) is 35.7 Å². The third kappa shape index (κ3) is 2.85. The Balaban J connectivity index is 2.07. The quantitative estimate of drug-likeness (QED) is 0.867. The van der Waals surface area contributed by atoms with Crippen LogP contribution in [0.4, 0.5) is 0 Å². The van der Waals surface area contributed by atoms with Crippen LogP contribution in [0.1, 0.15) is 12.0 Å². The summed E-state index contributed by atoms with van der Waals surface area (Å²) in [5.41, 5.74) is 6.93. The van der Waals surface area contributed by atoms with Gasteiger partial charge in [0.25, 0.3) is 0 Å². The van der Waals surface area contributed by atoms with E-state index in [1.165, 1.54) is 0 Å². The van der Waals surface area contributed by atoms with E-state index in [1.54, 1.807) is 0 Å². The van der Waals surface area contributed by atoms with E-state index >= 15 is 0 Å². The molecule has 2 N–H and O–H groups in total. The Hall–Kier alpha value is -0.280. The number of rotatable bonds is 2. The Bertz CT molecular complexity index is 354. The van der Waals surface area contributed by atoms with E-state index in [2.05, 4.69) is 4.90 Å². The molecular weight excluding hydrogens is 231 g/mol. The molecule has 0 spiro atoms. The number of nitrogens with zero attached hydrogens (tertiary/aromatic N) is 1. The number of benzene rings is 1. The van der Waals surface area contributed by atoms with Crippen LogP contribution in [0.2, 0.25) is 10.0 Å². The molecular formula is C11H14Cl2N2. The van der Waals surface area contributed by atoms with Crippen molar-refractivity contribution in [3.63, 3.8) is 0 Å². The minimum atomic E-state index is 0.308. The summed E-state index contributed by atoms with van der Waals surface area (Å²) in [6, 6.07) is 5.88. The zero-order chi connectivity index (χ0) is 10.8. The zero-order valence-corrected chi connectivity index (χ0v) is 9.93. The minimum Gasteiger partial charge on any atom is -0.326 e. The van der Waals surface area contributed by atoms with E-state index < -0.39 is 0 Å². The van der Waals surface area contributed by atoms with Gasteiger partial charge in [-0.05, 0) is 30.2 Å². The highest BCUT2D eigenvalue weighted by atomic mass is 35.5. The fourth-order valence-corrected chi connectivity index (χ4v) is 2.28. The highest BCUT2D eigenvalue weighted by molar-refractivity contribution is 6.33. The lowest BCUT2D eigenvalue weighted by Gasteiger charge is -2.16. The molecule has 0 aliphatic carbocycles. The van der Waals surface area contributed by atoms with Gasteiger partial charge in [-0.3, -0.25) is 4.90 Å². The summed E-state index contributed by atoms with van der Waals surface area (Å²) in [6.45, 7) is 2.83. The Morgan fingerprint density at radius 1 is 1.40 bits per heavy atom. The Labute approximate surface area is 100.0 Å². The Morgan fingerprint density at radius 3 is 2.87 bits per heavy atom. The summed E-state index contributed by atoms with van der Waals surface area (Å²) in [5.74, 6) is 0. The fraction of sp³-hybridized carbons (Fsp3) is 0.455. The van der Waals surface area contributed by atoms with Crippen molar-refractivity contribution in [3.8, 4) is 0 Å². The molecule has 1 heterocycles. The van der Waals surface area contributed by atoms with Crippen LogP contribution in [0.25, 0.3) is 0 Å². The normalized spacial score (nSPS) is 22.2. The maximum absolute atomic E-state index is 6.09. The second kappa shape index (κ2) is 4.71. The van der Waals surface area contributed by atoms with Crippen molar-refractivity contribution < 1.29 is 0 Å². The fourth-order valence-electron chi connectivity index (χ4n) is 1.91. The second-order valence-electron chi connectivity index (χ2n) is 4.02. The summed E-state index contributed by atoms with van der Waals surface area (Å²) in [5, 5.41) is 1.51. The number of likely N-dealkylation sites (tertiary alicyclic amines) is 1. The van der Waals surface area contributed by atoms with Crippen molar-refractivity contribution in [1.29, 1.82) is 0 Å². The molecule has 1 aliphatic heterocycles. The minimum absolute atomic E-state index is 0.308. The molecule has 1 aromatic rings. The monoisotopic (exact) mass is 244 g/mol. The molecule has 4 heteroatoms. The molecule has 1 atom stereocenters. The van der Waals surface area contributed by atoms with Gasteiger partial charge >= 0.3 is 0 Å².